The summed E-state index contributed by atoms with van der Waals surface area (Å²) in [6, 6.07) is 2.24. The van der Waals surface area contributed by atoms with Crippen LogP contribution in [-0.4, -0.2) is 33.6 Å². The number of thiophene rings is 1. The fourth-order valence-corrected chi connectivity index (χ4v) is 5.02. The molecule has 130 valence electrons. The van der Waals surface area contributed by atoms with Crippen molar-refractivity contribution in [3.63, 3.8) is 0 Å². The first-order valence-electron chi connectivity index (χ1n) is 8.99. The molecule has 0 bridgehead atoms. The second-order valence-electron chi connectivity index (χ2n) is 7.74. The van der Waals surface area contributed by atoms with E-state index in [0.29, 0.717) is 6.61 Å². The van der Waals surface area contributed by atoms with Crippen LogP contribution in [0.5, 0.6) is 0 Å². The molecule has 2 aliphatic heterocycles. The molecule has 0 amide bonds. The first-order chi connectivity index (χ1) is 12.0. The highest BCUT2D eigenvalue weighted by Gasteiger charge is 2.28. The first kappa shape index (κ1) is 15.5. The van der Waals surface area contributed by atoms with Crippen LogP contribution in [-0.2, 0) is 17.8 Å². The third kappa shape index (κ3) is 2.50. The average Bonchev–Trinajstić information content (AvgIpc) is 3.19. The van der Waals surface area contributed by atoms with Gasteiger partial charge in [0, 0.05) is 30.5 Å². The summed E-state index contributed by atoms with van der Waals surface area (Å²) in [7, 11) is 0. The van der Waals surface area contributed by atoms with Crippen LogP contribution >= 0.6 is 11.3 Å². The Bertz CT molecular complexity index is 988. The van der Waals surface area contributed by atoms with Crippen LogP contribution in [0.4, 0.5) is 5.82 Å². The number of rotatable bonds is 1. The zero-order valence-electron chi connectivity index (χ0n) is 14.9. The third-order valence-electron chi connectivity index (χ3n) is 5.19. The molecule has 0 radical (unpaired) electrons. The predicted octanol–water partition coefficient (Wildman–Crippen LogP) is 4.00. The summed E-state index contributed by atoms with van der Waals surface area (Å²) < 4.78 is 7.16. The van der Waals surface area contributed by atoms with Crippen LogP contribution in [0, 0.1) is 6.92 Å². The van der Waals surface area contributed by atoms with E-state index in [0.717, 1.165) is 46.9 Å². The molecule has 0 unspecified atom stereocenters. The van der Waals surface area contributed by atoms with Crippen LogP contribution in [0.2, 0.25) is 0 Å². The number of fused-ring (bicyclic) bond motifs is 4. The molecule has 0 atom stereocenters. The fourth-order valence-electron chi connectivity index (χ4n) is 3.89. The molecule has 0 aliphatic carbocycles. The van der Waals surface area contributed by atoms with E-state index >= 15 is 0 Å². The summed E-state index contributed by atoms with van der Waals surface area (Å²) in [5.74, 6) is 1.93. The zero-order valence-corrected chi connectivity index (χ0v) is 15.7. The Morgan fingerprint density at radius 3 is 2.76 bits per heavy atom. The Morgan fingerprint density at radius 1 is 1.16 bits per heavy atom. The van der Waals surface area contributed by atoms with Crippen LogP contribution in [0.1, 0.15) is 43.8 Å². The molecule has 0 spiro atoms. The maximum Gasteiger partial charge on any atom is 0.150 e. The van der Waals surface area contributed by atoms with Gasteiger partial charge >= 0.3 is 0 Å². The van der Waals surface area contributed by atoms with Crippen molar-refractivity contribution >= 4 is 37.6 Å². The Kier molecular flexibility index (Phi) is 3.31. The third-order valence-corrected chi connectivity index (χ3v) is 6.27. The number of anilines is 1. The molecule has 5 heterocycles. The zero-order chi connectivity index (χ0) is 17.2. The van der Waals surface area contributed by atoms with Crippen LogP contribution in [0.15, 0.2) is 6.07 Å². The van der Waals surface area contributed by atoms with E-state index in [2.05, 4.69) is 24.8 Å². The number of nitrogens with zero attached hydrogens (tertiary/aromatic N) is 4. The van der Waals surface area contributed by atoms with Gasteiger partial charge in [-0.2, -0.15) is 0 Å². The highest BCUT2D eigenvalue weighted by Crippen LogP contribution is 2.39. The Hall–Kier alpha value is -1.79. The molecule has 5 rings (SSSR count). The number of pyridine rings is 1. The molecule has 5 nitrogen and oxygen atoms in total. The van der Waals surface area contributed by atoms with E-state index in [9.17, 15) is 0 Å². The highest BCUT2D eigenvalue weighted by molar-refractivity contribution is 7.25. The minimum atomic E-state index is -0.137. The smallest absolute Gasteiger partial charge is 0.150 e. The summed E-state index contributed by atoms with van der Waals surface area (Å²) >= 11 is 1.74. The standard InChI is InChI=1S/C19H22N4OS/c1-11-20-15-13-8-12-10-24-19(2,3)9-14(12)22-18(13)25-16(15)17(21-11)23-6-4-5-7-23/h8H,4-7,9-10H2,1-3H3. The molecule has 25 heavy (non-hydrogen) atoms. The van der Waals surface area contributed by atoms with Gasteiger partial charge in [0.25, 0.3) is 0 Å². The molecule has 0 aromatic carbocycles. The van der Waals surface area contributed by atoms with Gasteiger partial charge in [0.1, 0.15) is 16.5 Å². The van der Waals surface area contributed by atoms with E-state index in [1.165, 1.54) is 28.8 Å². The van der Waals surface area contributed by atoms with Crippen LogP contribution in [0.3, 0.4) is 0 Å². The van der Waals surface area contributed by atoms with Crippen LogP contribution < -0.4 is 4.90 Å². The van der Waals surface area contributed by atoms with E-state index in [1.54, 1.807) is 11.3 Å². The second-order valence-corrected chi connectivity index (χ2v) is 8.74. The van der Waals surface area contributed by atoms with Gasteiger partial charge < -0.3 is 9.64 Å². The largest absolute Gasteiger partial charge is 0.370 e. The van der Waals surface area contributed by atoms with Gasteiger partial charge in [-0.3, -0.25) is 0 Å². The number of hydrogen-bond acceptors (Lipinski definition) is 6. The monoisotopic (exact) mass is 354 g/mol. The van der Waals surface area contributed by atoms with E-state index in [1.807, 2.05) is 6.92 Å². The summed E-state index contributed by atoms with van der Waals surface area (Å²) in [6.07, 6.45) is 3.35. The second kappa shape index (κ2) is 5.35. The highest BCUT2D eigenvalue weighted by atomic mass is 32.1. The number of ether oxygens (including phenoxy) is 1. The van der Waals surface area contributed by atoms with E-state index in [-0.39, 0.29) is 5.60 Å². The molecule has 6 heteroatoms. The number of aryl methyl sites for hydroxylation is 1. The summed E-state index contributed by atoms with van der Waals surface area (Å²) in [5, 5.41) is 1.15. The van der Waals surface area contributed by atoms with Crippen molar-refractivity contribution in [2.45, 2.75) is 52.2 Å². The molecule has 2 aliphatic rings. The van der Waals surface area contributed by atoms with Crippen molar-refractivity contribution in [1.82, 2.24) is 15.0 Å². The molecular weight excluding hydrogens is 332 g/mol. The van der Waals surface area contributed by atoms with Crippen molar-refractivity contribution < 1.29 is 4.74 Å². The minimum absolute atomic E-state index is 0.137. The van der Waals surface area contributed by atoms with Crippen molar-refractivity contribution in [2.24, 2.45) is 0 Å². The summed E-state index contributed by atoms with van der Waals surface area (Å²) in [6.45, 7) is 9.06. The van der Waals surface area contributed by atoms with Gasteiger partial charge in [0.2, 0.25) is 0 Å². The predicted molar refractivity (Wildman–Crippen MR) is 101 cm³/mol. The Morgan fingerprint density at radius 2 is 1.96 bits per heavy atom. The van der Waals surface area contributed by atoms with Gasteiger partial charge in [0.15, 0.2) is 0 Å². The lowest BCUT2D eigenvalue weighted by Crippen LogP contribution is -2.32. The number of aromatic nitrogens is 3. The summed E-state index contributed by atoms with van der Waals surface area (Å²) in [5.41, 5.74) is 3.28. The fraction of sp³-hybridized carbons (Fsp3) is 0.526. The molecule has 1 fully saturated rings. The van der Waals surface area contributed by atoms with Crippen molar-refractivity contribution in [3.8, 4) is 0 Å². The van der Waals surface area contributed by atoms with Gasteiger partial charge in [-0.05, 0) is 39.7 Å². The lowest BCUT2D eigenvalue weighted by Gasteiger charge is -2.30. The van der Waals surface area contributed by atoms with Crippen molar-refractivity contribution in [1.29, 1.82) is 0 Å². The number of hydrogen-bond donors (Lipinski definition) is 0. The minimum Gasteiger partial charge on any atom is -0.370 e. The van der Waals surface area contributed by atoms with Crippen molar-refractivity contribution in [2.75, 3.05) is 18.0 Å². The lowest BCUT2D eigenvalue weighted by molar-refractivity contribution is -0.0411. The molecule has 3 aromatic heterocycles. The Labute approximate surface area is 151 Å². The Balaban J connectivity index is 1.74. The SMILES string of the molecule is Cc1nc(N2CCCC2)c2sc3nc4c(cc3c2n1)COC(C)(C)C4. The van der Waals surface area contributed by atoms with Gasteiger partial charge in [-0.25, -0.2) is 15.0 Å². The molecular formula is C19H22N4OS. The summed E-state index contributed by atoms with van der Waals surface area (Å²) in [4.78, 5) is 18.0. The van der Waals surface area contributed by atoms with E-state index < -0.39 is 0 Å². The van der Waals surface area contributed by atoms with E-state index in [4.69, 9.17) is 19.7 Å². The maximum atomic E-state index is 5.98. The van der Waals surface area contributed by atoms with Gasteiger partial charge in [-0.15, -0.1) is 11.3 Å². The molecule has 3 aromatic rings. The normalized spacial score (nSPS) is 19.7. The average molecular weight is 354 g/mol. The first-order valence-corrected chi connectivity index (χ1v) is 9.80. The molecule has 0 saturated carbocycles. The quantitative estimate of drug-likeness (QED) is 0.661. The molecule has 0 N–H and O–H groups in total. The van der Waals surface area contributed by atoms with Gasteiger partial charge in [-0.1, -0.05) is 0 Å². The van der Waals surface area contributed by atoms with Crippen molar-refractivity contribution in [3.05, 3.63) is 23.1 Å². The lowest BCUT2D eigenvalue weighted by atomic mass is 9.95. The molecule has 1 saturated heterocycles. The topological polar surface area (TPSA) is 51.1 Å². The maximum absolute atomic E-state index is 5.98. The van der Waals surface area contributed by atoms with Crippen LogP contribution in [0.25, 0.3) is 20.4 Å². The van der Waals surface area contributed by atoms with Gasteiger partial charge in [0.05, 0.1) is 28.1 Å².